The Morgan fingerprint density at radius 1 is 1.22 bits per heavy atom. The molecular weight excluding hydrogens is 281 g/mol. The predicted molar refractivity (Wildman–Crippen MR) is 63.7 cm³/mol. The van der Waals surface area contributed by atoms with Gasteiger partial charge in [0.25, 0.3) is 9.05 Å². The highest BCUT2D eigenvalue weighted by atomic mass is 35.7. The normalized spacial score (nSPS) is 11.2. The lowest BCUT2D eigenvalue weighted by Gasteiger charge is -2.04. The molecule has 7 heteroatoms. The zero-order valence-corrected chi connectivity index (χ0v) is 10.5. The molecule has 0 amide bonds. The molecule has 0 spiro atoms. The summed E-state index contributed by atoms with van der Waals surface area (Å²) in [6.45, 7) is 0. The number of hydrogen-bond donors (Lipinski definition) is 0. The van der Waals surface area contributed by atoms with E-state index in [1.165, 1.54) is 30.3 Å². The van der Waals surface area contributed by atoms with Crippen molar-refractivity contribution in [1.29, 1.82) is 0 Å². The first-order chi connectivity index (χ1) is 8.45. The molecule has 94 valence electrons. The second-order valence-corrected chi connectivity index (χ2v) is 5.90. The summed E-state index contributed by atoms with van der Waals surface area (Å²) in [7, 11) is 1.33. The largest absolute Gasteiger partial charge is 0.439 e. The summed E-state index contributed by atoms with van der Waals surface area (Å²) in [6, 6.07) is 8.10. The van der Waals surface area contributed by atoms with Crippen molar-refractivity contribution >= 4 is 19.7 Å². The van der Waals surface area contributed by atoms with E-state index in [9.17, 15) is 12.8 Å². The van der Waals surface area contributed by atoms with Crippen LogP contribution in [0.1, 0.15) is 0 Å². The predicted octanol–water partition coefficient (Wildman–Crippen LogP) is 2.94. The van der Waals surface area contributed by atoms with E-state index >= 15 is 0 Å². The fourth-order valence-electron chi connectivity index (χ4n) is 1.22. The number of rotatable bonds is 3. The number of pyridine rings is 1. The van der Waals surface area contributed by atoms with Crippen LogP contribution in [-0.2, 0) is 9.05 Å². The summed E-state index contributed by atoms with van der Waals surface area (Å²) in [5, 5.41) is 0. The Hall–Kier alpha value is -1.66. The number of ether oxygens (including phenoxy) is 1. The van der Waals surface area contributed by atoms with Crippen LogP contribution in [0.5, 0.6) is 11.6 Å². The number of aromatic nitrogens is 1. The molecule has 1 aromatic heterocycles. The molecule has 2 aromatic rings. The van der Waals surface area contributed by atoms with Crippen LogP contribution in [0.3, 0.4) is 0 Å². The molecule has 1 aromatic carbocycles. The maximum Gasteiger partial charge on any atom is 0.262 e. The van der Waals surface area contributed by atoms with Crippen molar-refractivity contribution in [2.24, 2.45) is 0 Å². The Morgan fingerprint density at radius 2 is 2.00 bits per heavy atom. The fraction of sp³-hybridized carbons (Fsp3) is 0. The topological polar surface area (TPSA) is 56.3 Å². The van der Waals surface area contributed by atoms with Gasteiger partial charge in [0.1, 0.15) is 16.5 Å². The molecule has 0 unspecified atom stereocenters. The smallest absolute Gasteiger partial charge is 0.262 e. The van der Waals surface area contributed by atoms with Gasteiger partial charge in [-0.15, -0.1) is 0 Å². The average Bonchev–Trinajstić information content (AvgIpc) is 2.28. The molecule has 2 rings (SSSR count). The first kappa shape index (κ1) is 12.8. The van der Waals surface area contributed by atoms with E-state index in [0.717, 1.165) is 6.20 Å². The van der Waals surface area contributed by atoms with Crippen molar-refractivity contribution in [2.75, 3.05) is 0 Å². The van der Waals surface area contributed by atoms with Crippen LogP contribution < -0.4 is 4.74 Å². The van der Waals surface area contributed by atoms with E-state index in [0.29, 0.717) is 0 Å². The first-order valence-corrected chi connectivity index (χ1v) is 7.10. The highest BCUT2D eigenvalue weighted by Crippen LogP contribution is 2.22. The molecule has 0 aliphatic carbocycles. The van der Waals surface area contributed by atoms with E-state index in [4.69, 9.17) is 15.4 Å². The van der Waals surface area contributed by atoms with Crippen molar-refractivity contribution in [3.05, 3.63) is 48.4 Å². The maximum atomic E-state index is 12.9. The second kappa shape index (κ2) is 4.91. The average molecular weight is 288 g/mol. The Kier molecular flexibility index (Phi) is 3.49. The van der Waals surface area contributed by atoms with E-state index in [1.807, 2.05) is 0 Å². The van der Waals surface area contributed by atoms with Crippen LogP contribution in [0, 0.1) is 5.82 Å². The molecule has 0 radical (unpaired) electrons. The lowest BCUT2D eigenvalue weighted by atomic mass is 10.3. The SMILES string of the molecule is O=S(=O)(Cl)c1ccc(Oc2cccc(F)c2)nc1. The zero-order valence-electron chi connectivity index (χ0n) is 8.88. The van der Waals surface area contributed by atoms with Crippen molar-refractivity contribution in [3.8, 4) is 11.6 Å². The summed E-state index contributed by atoms with van der Waals surface area (Å²) in [5.74, 6) is -0.0268. The number of benzene rings is 1. The van der Waals surface area contributed by atoms with Gasteiger partial charge in [0, 0.05) is 22.8 Å². The van der Waals surface area contributed by atoms with Gasteiger partial charge >= 0.3 is 0 Å². The third-order valence-corrected chi connectivity index (χ3v) is 3.35. The van der Waals surface area contributed by atoms with Gasteiger partial charge in [-0.1, -0.05) is 6.07 Å². The van der Waals surface area contributed by atoms with E-state index in [2.05, 4.69) is 4.98 Å². The van der Waals surface area contributed by atoms with Gasteiger partial charge in [-0.05, 0) is 18.2 Å². The van der Waals surface area contributed by atoms with Gasteiger partial charge in [0.2, 0.25) is 5.88 Å². The van der Waals surface area contributed by atoms with Gasteiger partial charge in [-0.25, -0.2) is 17.8 Å². The Labute approximate surface area is 107 Å². The molecule has 0 saturated carbocycles. The molecular formula is C11H7ClFNO3S. The molecule has 0 bridgehead atoms. The van der Waals surface area contributed by atoms with Crippen LogP contribution in [0.25, 0.3) is 0 Å². The van der Waals surface area contributed by atoms with Crippen LogP contribution in [0.15, 0.2) is 47.5 Å². The van der Waals surface area contributed by atoms with E-state index in [1.54, 1.807) is 6.07 Å². The Balaban J connectivity index is 2.21. The van der Waals surface area contributed by atoms with Crippen LogP contribution in [-0.4, -0.2) is 13.4 Å². The molecule has 0 N–H and O–H groups in total. The number of hydrogen-bond acceptors (Lipinski definition) is 4. The lowest BCUT2D eigenvalue weighted by Crippen LogP contribution is -1.93. The van der Waals surface area contributed by atoms with Crippen molar-refractivity contribution in [2.45, 2.75) is 4.90 Å². The highest BCUT2D eigenvalue weighted by molar-refractivity contribution is 8.13. The van der Waals surface area contributed by atoms with E-state index < -0.39 is 14.9 Å². The molecule has 0 aliphatic heterocycles. The van der Waals surface area contributed by atoms with E-state index in [-0.39, 0.29) is 16.5 Å². The number of halogens is 2. The molecule has 0 atom stereocenters. The van der Waals surface area contributed by atoms with Gasteiger partial charge < -0.3 is 4.74 Å². The quantitative estimate of drug-likeness (QED) is 0.815. The lowest BCUT2D eigenvalue weighted by molar-refractivity contribution is 0.457. The Bertz CT molecular complexity index is 658. The van der Waals surface area contributed by atoms with Crippen LogP contribution >= 0.6 is 10.7 Å². The van der Waals surface area contributed by atoms with Crippen molar-refractivity contribution in [3.63, 3.8) is 0 Å². The molecule has 18 heavy (non-hydrogen) atoms. The monoisotopic (exact) mass is 287 g/mol. The summed E-state index contributed by atoms with van der Waals surface area (Å²) >= 11 is 0. The second-order valence-electron chi connectivity index (χ2n) is 3.33. The van der Waals surface area contributed by atoms with Gasteiger partial charge in [0.05, 0.1) is 6.20 Å². The van der Waals surface area contributed by atoms with Crippen molar-refractivity contribution in [1.82, 2.24) is 4.98 Å². The third kappa shape index (κ3) is 3.18. The minimum absolute atomic E-state index is 0.129. The minimum atomic E-state index is -3.80. The van der Waals surface area contributed by atoms with Crippen molar-refractivity contribution < 1.29 is 17.5 Å². The van der Waals surface area contributed by atoms with Gasteiger partial charge in [0.15, 0.2) is 0 Å². The van der Waals surface area contributed by atoms with Gasteiger partial charge in [-0.2, -0.15) is 0 Å². The first-order valence-electron chi connectivity index (χ1n) is 4.79. The number of nitrogens with zero attached hydrogens (tertiary/aromatic N) is 1. The third-order valence-electron chi connectivity index (χ3n) is 2.01. The standard InChI is InChI=1S/C11H7ClFNO3S/c12-18(15,16)10-4-5-11(14-7-10)17-9-3-1-2-8(13)6-9/h1-7H. The summed E-state index contributed by atoms with van der Waals surface area (Å²) in [5.41, 5.74) is 0. The maximum absolute atomic E-state index is 12.9. The summed E-state index contributed by atoms with van der Waals surface area (Å²) in [4.78, 5) is 3.63. The van der Waals surface area contributed by atoms with Gasteiger partial charge in [-0.3, -0.25) is 0 Å². The molecule has 0 aliphatic rings. The zero-order chi connectivity index (χ0) is 13.2. The Morgan fingerprint density at radius 3 is 2.56 bits per heavy atom. The molecule has 4 nitrogen and oxygen atoms in total. The summed E-state index contributed by atoms with van der Waals surface area (Å²) < 4.78 is 40.1. The van der Waals surface area contributed by atoms with Crippen LogP contribution in [0.2, 0.25) is 0 Å². The van der Waals surface area contributed by atoms with Crippen LogP contribution in [0.4, 0.5) is 4.39 Å². The summed E-state index contributed by atoms with van der Waals surface area (Å²) in [6.07, 6.45) is 1.07. The molecule has 1 heterocycles. The molecule has 0 saturated heterocycles. The highest BCUT2D eigenvalue weighted by Gasteiger charge is 2.10. The fourth-order valence-corrected chi connectivity index (χ4v) is 1.91. The minimum Gasteiger partial charge on any atom is -0.439 e. The molecule has 0 fully saturated rings.